The Balaban J connectivity index is 1.73. The fourth-order valence-electron chi connectivity index (χ4n) is 2.51. The molecule has 2 N–H and O–H groups in total. The second-order valence-electron chi connectivity index (χ2n) is 5.77. The van der Waals surface area contributed by atoms with Gasteiger partial charge in [0.1, 0.15) is 17.2 Å². The van der Waals surface area contributed by atoms with Gasteiger partial charge in [0.15, 0.2) is 0 Å². The Kier molecular flexibility index (Phi) is 5.86. The maximum absolute atomic E-state index is 12.5. The highest BCUT2D eigenvalue weighted by Gasteiger charge is 2.14. The Morgan fingerprint density at radius 1 is 0.857 bits per heavy atom. The molecule has 7 nitrogen and oxygen atoms in total. The molecule has 0 saturated heterocycles. The fraction of sp³-hybridized carbons (Fsp3) is 0.0952. The van der Waals surface area contributed by atoms with Gasteiger partial charge in [-0.15, -0.1) is 0 Å². The first-order valence-corrected chi connectivity index (χ1v) is 8.46. The maximum Gasteiger partial charge on any atom is 0.274 e. The van der Waals surface area contributed by atoms with Gasteiger partial charge in [-0.25, -0.2) is 0 Å². The van der Waals surface area contributed by atoms with Crippen LogP contribution in [0.25, 0.3) is 0 Å². The van der Waals surface area contributed by atoms with Crippen molar-refractivity contribution in [3.63, 3.8) is 0 Å². The summed E-state index contributed by atoms with van der Waals surface area (Å²) in [7, 11) is 3.09. The third kappa shape index (κ3) is 4.45. The molecule has 142 valence electrons. The first kappa shape index (κ1) is 18.9. The number of anilines is 2. The van der Waals surface area contributed by atoms with E-state index in [1.165, 1.54) is 19.4 Å². The zero-order chi connectivity index (χ0) is 19.9. The number of aromatic nitrogens is 1. The van der Waals surface area contributed by atoms with Gasteiger partial charge in [-0.3, -0.25) is 14.6 Å². The van der Waals surface area contributed by atoms with Gasteiger partial charge >= 0.3 is 0 Å². The summed E-state index contributed by atoms with van der Waals surface area (Å²) in [5.74, 6) is 0.434. The Hall–Kier alpha value is -3.87. The smallest absolute Gasteiger partial charge is 0.274 e. The van der Waals surface area contributed by atoms with Gasteiger partial charge in [-0.05, 0) is 48.5 Å². The molecule has 3 rings (SSSR count). The number of hydrogen-bond acceptors (Lipinski definition) is 5. The topological polar surface area (TPSA) is 89.5 Å². The number of nitrogens with zero attached hydrogens (tertiary/aromatic N) is 1. The van der Waals surface area contributed by atoms with Crippen molar-refractivity contribution in [1.29, 1.82) is 0 Å². The zero-order valence-electron chi connectivity index (χ0n) is 15.4. The minimum absolute atomic E-state index is 0.119. The van der Waals surface area contributed by atoms with Crippen molar-refractivity contribution in [3.05, 3.63) is 78.1 Å². The van der Waals surface area contributed by atoms with Gasteiger partial charge < -0.3 is 20.1 Å². The molecule has 28 heavy (non-hydrogen) atoms. The number of amides is 2. The molecule has 0 aliphatic heterocycles. The van der Waals surface area contributed by atoms with Crippen molar-refractivity contribution in [3.8, 4) is 11.5 Å². The lowest BCUT2D eigenvalue weighted by Crippen LogP contribution is -2.17. The monoisotopic (exact) mass is 377 g/mol. The van der Waals surface area contributed by atoms with Crippen molar-refractivity contribution in [2.45, 2.75) is 0 Å². The molecular formula is C21H19N3O4. The molecule has 3 aromatic rings. The van der Waals surface area contributed by atoms with E-state index < -0.39 is 5.91 Å². The molecule has 2 amide bonds. The lowest BCUT2D eigenvalue weighted by atomic mass is 10.2. The van der Waals surface area contributed by atoms with E-state index in [0.29, 0.717) is 28.4 Å². The van der Waals surface area contributed by atoms with Crippen LogP contribution < -0.4 is 20.1 Å². The molecule has 1 aromatic heterocycles. The molecule has 0 bridgehead atoms. The second kappa shape index (κ2) is 8.68. The van der Waals surface area contributed by atoms with Gasteiger partial charge in [0.2, 0.25) is 0 Å². The number of methoxy groups -OCH3 is 2. The number of para-hydroxylation sites is 2. The lowest BCUT2D eigenvalue weighted by Gasteiger charge is -2.10. The Bertz CT molecular complexity index is 987. The van der Waals surface area contributed by atoms with Crippen LogP contribution in [0.2, 0.25) is 0 Å². The van der Waals surface area contributed by atoms with Crippen LogP contribution in [0.5, 0.6) is 11.5 Å². The third-order valence-electron chi connectivity index (χ3n) is 3.96. The highest BCUT2D eigenvalue weighted by atomic mass is 16.5. The summed E-state index contributed by atoms with van der Waals surface area (Å²) < 4.78 is 10.3. The quantitative estimate of drug-likeness (QED) is 0.685. The van der Waals surface area contributed by atoms with Gasteiger partial charge in [0.25, 0.3) is 11.8 Å². The third-order valence-corrected chi connectivity index (χ3v) is 3.96. The maximum atomic E-state index is 12.5. The van der Waals surface area contributed by atoms with E-state index in [1.807, 2.05) is 0 Å². The van der Waals surface area contributed by atoms with Crippen molar-refractivity contribution in [2.24, 2.45) is 0 Å². The summed E-state index contributed by atoms with van der Waals surface area (Å²) in [6.45, 7) is 0. The van der Waals surface area contributed by atoms with Crippen LogP contribution >= 0.6 is 0 Å². The van der Waals surface area contributed by atoms with E-state index >= 15 is 0 Å². The molecule has 0 aliphatic rings. The number of carbonyl (C=O) groups is 2. The van der Waals surface area contributed by atoms with E-state index in [4.69, 9.17) is 9.47 Å². The number of benzene rings is 2. The number of carbonyl (C=O) groups excluding carboxylic acids is 2. The standard InChI is InChI=1S/C21H19N3O4/c1-27-16-9-7-15(8-10-16)23-20(25)14-11-12-22-18(13-14)21(26)24-17-5-3-4-6-19(17)28-2/h3-13H,1-2H3,(H,23,25)(H,24,26). The van der Waals surface area contributed by atoms with Crippen LogP contribution in [0.4, 0.5) is 11.4 Å². The van der Waals surface area contributed by atoms with Crippen LogP contribution in [-0.2, 0) is 0 Å². The molecule has 0 atom stereocenters. The molecular weight excluding hydrogens is 358 g/mol. The average molecular weight is 377 g/mol. The number of rotatable bonds is 6. The largest absolute Gasteiger partial charge is 0.497 e. The summed E-state index contributed by atoms with van der Waals surface area (Å²) in [4.78, 5) is 29.0. The van der Waals surface area contributed by atoms with Crippen LogP contribution in [0.1, 0.15) is 20.8 Å². The van der Waals surface area contributed by atoms with E-state index in [1.54, 1.807) is 61.7 Å². The summed E-state index contributed by atoms with van der Waals surface area (Å²) in [5.41, 5.74) is 1.57. The van der Waals surface area contributed by atoms with Crippen molar-refractivity contribution >= 4 is 23.2 Å². The van der Waals surface area contributed by atoms with Crippen molar-refractivity contribution < 1.29 is 19.1 Å². The molecule has 0 spiro atoms. The molecule has 1 heterocycles. The molecule has 7 heteroatoms. The fourth-order valence-corrected chi connectivity index (χ4v) is 2.51. The van der Waals surface area contributed by atoms with Crippen LogP contribution in [0.3, 0.4) is 0 Å². The minimum Gasteiger partial charge on any atom is -0.497 e. The average Bonchev–Trinajstić information content (AvgIpc) is 2.74. The SMILES string of the molecule is COc1ccc(NC(=O)c2ccnc(C(=O)Nc3ccccc3OC)c2)cc1. The summed E-state index contributed by atoms with van der Waals surface area (Å²) in [5, 5.41) is 5.50. The predicted molar refractivity (Wildman–Crippen MR) is 106 cm³/mol. The predicted octanol–water partition coefficient (Wildman–Crippen LogP) is 3.60. The first-order valence-electron chi connectivity index (χ1n) is 8.46. The Morgan fingerprint density at radius 2 is 1.61 bits per heavy atom. The number of pyridine rings is 1. The Morgan fingerprint density at radius 3 is 2.32 bits per heavy atom. The minimum atomic E-state index is -0.441. The van der Waals surface area contributed by atoms with Crippen LogP contribution in [0, 0.1) is 0 Å². The van der Waals surface area contributed by atoms with Gasteiger partial charge in [-0.2, -0.15) is 0 Å². The van der Waals surface area contributed by atoms with Crippen LogP contribution in [0.15, 0.2) is 66.9 Å². The molecule has 0 unspecified atom stereocenters. The summed E-state index contributed by atoms with van der Waals surface area (Å²) >= 11 is 0. The lowest BCUT2D eigenvalue weighted by molar-refractivity contribution is 0.102. The highest BCUT2D eigenvalue weighted by Crippen LogP contribution is 2.23. The summed E-state index contributed by atoms with van der Waals surface area (Å²) in [6, 6.07) is 17.0. The number of ether oxygens (including phenoxy) is 2. The van der Waals surface area contributed by atoms with Gasteiger partial charge in [0, 0.05) is 17.4 Å². The molecule has 0 aliphatic carbocycles. The normalized spacial score (nSPS) is 10.1. The van der Waals surface area contributed by atoms with E-state index in [0.717, 1.165) is 0 Å². The molecule has 0 fully saturated rings. The first-order chi connectivity index (χ1) is 13.6. The highest BCUT2D eigenvalue weighted by molar-refractivity contribution is 6.08. The molecule has 0 radical (unpaired) electrons. The zero-order valence-corrected chi connectivity index (χ0v) is 15.4. The number of hydrogen-bond donors (Lipinski definition) is 2. The van der Waals surface area contributed by atoms with E-state index in [2.05, 4.69) is 15.6 Å². The molecule has 2 aromatic carbocycles. The van der Waals surface area contributed by atoms with E-state index in [-0.39, 0.29) is 11.6 Å². The van der Waals surface area contributed by atoms with Crippen molar-refractivity contribution in [2.75, 3.05) is 24.9 Å². The van der Waals surface area contributed by atoms with E-state index in [9.17, 15) is 9.59 Å². The van der Waals surface area contributed by atoms with Gasteiger partial charge in [0.05, 0.1) is 19.9 Å². The Labute approximate surface area is 162 Å². The van der Waals surface area contributed by atoms with Crippen molar-refractivity contribution in [1.82, 2.24) is 4.98 Å². The molecule has 0 saturated carbocycles. The van der Waals surface area contributed by atoms with Crippen LogP contribution in [-0.4, -0.2) is 31.0 Å². The van der Waals surface area contributed by atoms with Gasteiger partial charge in [-0.1, -0.05) is 12.1 Å². The second-order valence-corrected chi connectivity index (χ2v) is 5.77. The number of nitrogens with one attached hydrogen (secondary N) is 2. The summed E-state index contributed by atoms with van der Waals surface area (Å²) in [6.07, 6.45) is 1.42.